The molecule has 16 heavy (non-hydrogen) atoms. The molecule has 0 aliphatic carbocycles. The average molecular weight is 242 g/mol. The molecule has 0 saturated heterocycles. The molecule has 0 aromatic carbocycles. The van der Waals surface area contributed by atoms with Gasteiger partial charge in [0.25, 0.3) is 0 Å². The average Bonchev–Trinajstić information content (AvgIpc) is 2.73. The van der Waals surface area contributed by atoms with E-state index in [-0.39, 0.29) is 6.10 Å². The van der Waals surface area contributed by atoms with Gasteiger partial charge in [-0.3, -0.25) is 0 Å². The molecule has 0 spiro atoms. The second-order valence-corrected chi connectivity index (χ2v) is 5.32. The van der Waals surface area contributed by atoms with Crippen molar-refractivity contribution in [1.29, 1.82) is 0 Å². The van der Waals surface area contributed by atoms with Crippen LogP contribution in [0.4, 0.5) is 0 Å². The molecule has 92 valence electrons. The molecule has 0 aliphatic heterocycles. The van der Waals surface area contributed by atoms with Gasteiger partial charge in [0.15, 0.2) is 0 Å². The molecule has 0 saturated carbocycles. The summed E-state index contributed by atoms with van der Waals surface area (Å²) >= 11 is 1.74. The summed E-state index contributed by atoms with van der Waals surface area (Å²) < 4.78 is 5.74. The number of ether oxygens (including phenoxy) is 1. The Morgan fingerprint density at radius 2 is 2.12 bits per heavy atom. The lowest BCUT2D eigenvalue weighted by atomic mass is 10.1. The van der Waals surface area contributed by atoms with Gasteiger partial charge in [0.1, 0.15) is 11.1 Å². The highest BCUT2D eigenvalue weighted by atomic mass is 32.1. The fraction of sp³-hybridized carbons (Fsp3) is 0.750. The largest absolute Gasteiger partial charge is 0.371 e. The lowest BCUT2D eigenvalue weighted by molar-refractivity contribution is 0.0293. The molecule has 1 heterocycles. The van der Waals surface area contributed by atoms with Crippen molar-refractivity contribution in [3.8, 4) is 0 Å². The van der Waals surface area contributed by atoms with Crippen molar-refractivity contribution >= 4 is 11.3 Å². The van der Waals surface area contributed by atoms with Gasteiger partial charge in [0, 0.05) is 23.7 Å². The van der Waals surface area contributed by atoms with Gasteiger partial charge in [-0.25, -0.2) is 4.98 Å². The van der Waals surface area contributed by atoms with E-state index in [1.54, 1.807) is 11.3 Å². The number of hydrogen-bond acceptors (Lipinski definition) is 4. The molecule has 0 bridgehead atoms. The van der Waals surface area contributed by atoms with Gasteiger partial charge in [-0.05, 0) is 26.8 Å². The van der Waals surface area contributed by atoms with Crippen molar-refractivity contribution in [3.63, 3.8) is 0 Å². The quantitative estimate of drug-likeness (QED) is 0.832. The van der Waals surface area contributed by atoms with Crippen LogP contribution in [0.5, 0.6) is 0 Å². The molecule has 3 nitrogen and oxygen atoms in total. The Bertz CT molecular complexity index is 312. The molecule has 0 amide bonds. The summed E-state index contributed by atoms with van der Waals surface area (Å²) in [4.78, 5) is 5.75. The first-order valence-corrected chi connectivity index (χ1v) is 6.66. The Hall–Kier alpha value is -0.450. The third-order valence-electron chi connectivity index (χ3n) is 2.60. The minimum atomic E-state index is 0.132. The lowest BCUT2D eigenvalue weighted by Gasteiger charge is -2.18. The van der Waals surface area contributed by atoms with E-state index >= 15 is 0 Å². The summed E-state index contributed by atoms with van der Waals surface area (Å²) in [5.41, 5.74) is 0. The summed E-state index contributed by atoms with van der Waals surface area (Å²) in [6, 6.07) is 0.362. The maximum absolute atomic E-state index is 5.74. The molecule has 1 N–H and O–H groups in total. The van der Waals surface area contributed by atoms with E-state index in [2.05, 4.69) is 31.1 Å². The van der Waals surface area contributed by atoms with Crippen LogP contribution in [-0.4, -0.2) is 18.6 Å². The zero-order valence-electron chi connectivity index (χ0n) is 10.8. The van der Waals surface area contributed by atoms with Crippen molar-refractivity contribution in [2.24, 2.45) is 5.92 Å². The molecule has 1 aromatic rings. The summed E-state index contributed by atoms with van der Waals surface area (Å²) in [6.45, 7) is 9.24. The van der Waals surface area contributed by atoms with Gasteiger partial charge in [0.2, 0.25) is 0 Å². The van der Waals surface area contributed by atoms with Gasteiger partial charge in [-0.15, -0.1) is 11.3 Å². The zero-order valence-corrected chi connectivity index (χ0v) is 11.6. The predicted molar refractivity (Wildman–Crippen MR) is 68.8 cm³/mol. The van der Waals surface area contributed by atoms with E-state index in [0.717, 1.165) is 11.6 Å². The summed E-state index contributed by atoms with van der Waals surface area (Å²) in [5, 5.41) is 4.32. The monoisotopic (exact) mass is 242 g/mol. The van der Waals surface area contributed by atoms with Crippen molar-refractivity contribution < 1.29 is 4.74 Å². The van der Waals surface area contributed by atoms with Gasteiger partial charge >= 0.3 is 0 Å². The zero-order chi connectivity index (χ0) is 12.1. The van der Waals surface area contributed by atoms with Crippen molar-refractivity contribution in [2.45, 2.75) is 39.8 Å². The van der Waals surface area contributed by atoms with Crippen LogP contribution < -0.4 is 5.32 Å². The molecule has 1 aromatic heterocycles. The summed E-state index contributed by atoms with van der Waals surface area (Å²) in [6.07, 6.45) is 2.09. The molecule has 0 fully saturated rings. The smallest absolute Gasteiger partial charge is 0.122 e. The Morgan fingerprint density at radius 1 is 1.44 bits per heavy atom. The van der Waals surface area contributed by atoms with E-state index in [4.69, 9.17) is 4.74 Å². The fourth-order valence-electron chi connectivity index (χ4n) is 1.50. The number of hydrogen-bond donors (Lipinski definition) is 1. The summed E-state index contributed by atoms with van der Waals surface area (Å²) in [5.74, 6) is 0.462. The molecule has 0 aliphatic rings. The van der Waals surface area contributed by atoms with E-state index in [9.17, 15) is 0 Å². The highest BCUT2D eigenvalue weighted by Gasteiger charge is 2.20. The van der Waals surface area contributed by atoms with Gasteiger partial charge in [-0.2, -0.15) is 0 Å². The Morgan fingerprint density at radius 3 is 2.62 bits per heavy atom. The van der Waals surface area contributed by atoms with E-state index in [0.29, 0.717) is 12.0 Å². The van der Waals surface area contributed by atoms with E-state index in [1.165, 1.54) is 4.88 Å². The second kappa shape index (κ2) is 6.33. The Kier molecular flexibility index (Phi) is 5.38. The SMILES string of the molecule is CCOC(c1ncc(C(C)NC)s1)C(C)C. The first-order chi connectivity index (χ1) is 7.60. The number of nitrogens with one attached hydrogen (secondary N) is 1. The molecule has 0 radical (unpaired) electrons. The molecule has 4 heteroatoms. The highest BCUT2D eigenvalue weighted by molar-refractivity contribution is 7.11. The number of rotatable bonds is 6. The number of thiazole rings is 1. The van der Waals surface area contributed by atoms with E-state index < -0.39 is 0 Å². The third-order valence-corrected chi connectivity index (χ3v) is 3.84. The van der Waals surface area contributed by atoms with Crippen molar-refractivity contribution in [2.75, 3.05) is 13.7 Å². The molecule has 1 rings (SSSR count). The lowest BCUT2D eigenvalue weighted by Crippen LogP contribution is -2.11. The second-order valence-electron chi connectivity index (χ2n) is 4.23. The molecule has 2 unspecified atom stereocenters. The number of aromatic nitrogens is 1. The number of nitrogens with zero attached hydrogens (tertiary/aromatic N) is 1. The normalized spacial score (nSPS) is 15.4. The van der Waals surface area contributed by atoms with Crippen LogP contribution in [0.1, 0.15) is 49.7 Å². The summed E-state index contributed by atoms with van der Waals surface area (Å²) in [7, 11) is 1.96. The molecular weight excluding hydrogens is 220 g/mol. The van der Waals surface area contributed by atoms with Crippen LogP contribution in [0.25, 0.3) is 0 Å². The highest BCUT2D eigenvalue weighted by Crippen LogP contribution is 2.31. The fourth-order valence-corrected chi connectivity index (χ4v) is 2.71. The van der Waals surface area contributed by atoms with Crippen LogP contribution in [0.15, 0.2) is 6.20 Å². The minimum Gasteiger partial charge on any atom is -0.371 e. The van der Waals surface area contributed by atoms with Crippen LogP contribution in [0.3, 0.4) is 0 Å². The predicted octanol–water partition coefficient (Wildman–Crippen LogP) is 3.16. The topological polar surface area (TPSA) is 34.1 Å². The Balaban J connectivity index is 2.81. The van der Waals surface area contributed by atoms with Gasteiger partial charge < -0.3 is 10.1 Å². The molecule has 2 atom stereocenters. The van der Waals surface area contributed by atoms with E-state index in [1.807, 2.05) is 20.2 Å². The first kappa shape index (κ1) is 13.6. The first-order valence-electron chi connectivity index (χ1n) is 5.84. The molecular formula is C12H22N2OS. The van der Waals surface area contributed by atoms with Crippen molar-refractivity contribution in [1.82, 2.24) is 10.3 Å². The minimum absolute atomic E-state index is 0.132. The van der Waals surface area contributed by atoms with Crippen LogP contribution in [-0.2, 0) is 4.74 Å². The maximum Gasteiger partial charge on any atom is 0.122 e. The van der Waals surface area contributed by atoms with Crippen LogP contribution in [0, 0.1) is 5.92 Å². The van der Waals surface area contributed by atoms with Crippen LogP contribution in [0.2, 0.25) is 0 Å². The van der Waals surface area contributed by atoms with Gasteiger partial charge in [0.05, 0.1) is 0 Å². The standard InChI is InChI=1S/C12H22N2OS/c1-6-15-11(8(2)3)12-14-7-10(16-12)9(4)13-5/h7-9,11,13H,6H2,1-5H3. The van der Waals surface area contributed by atoms with Gasteiger partial charge in [-0.1, -0.05) is 13.8 Å². The van der Waals surface area contributed by atoms with Crippen molar-refractivity contribution in [3.05, 3.63) is 16.1 Å². The maximum atomic E-state index is 5.74. The Labute approximate surface area is 102 Å². The third kappa shape index (κ3) is 3.27. The van der Waals surface area contributed by atoms with Crippen LogP contribution >= 0.6 is 11.3 Å².